The van der Waals surface area contributed by atoms with Gasteiger partial charge < -0.3 is 5.32 Å². The van der Waals surface area contributed by atoms with Crippen molar-refractivity contribution in [3.8, 4) is 0 Å². The van der Waals surface area contributed by atoms with Crippen LogP contribution in [0.25, 0.3) is 0 Å². The van der Waals surface area contributed by atoms with Crippen molar-refractivity contribution in [2.45, 2.75) is 123 Å². The van der Waals surface area contributed by atoms with E-state index in [2.05, 4.69) is 50.4 Å². The summed E-state index contributed by atoms with van der Waals surface area (Å²) in [5.41, 5.74) is 2.84. The molecule has 0 unspecified atom stereocenters. The predicted molar refractivity (Wildman–Crippen MR) is 123 cm³/mol. The molecule has 1 nitrogen and oxygen atoms in total. The van der Waals surface area contributed by atoms with E-state index >= 15 is 0 Å². The Bertz CT molecular complexity index is 420. The van der Waals surface area contributed by atoms with Crippen LogP contribution in [0.15, 0.2) is 24.3 Å². The molecule has 0 spiro atoms. The highest BCUT2D eigenvalue weighted by Crippen LogP contribution is 2.15. The first-order valence-corrected chi connectivity index (χ1v) is 12.0. The normalized spacial score (nSPS) is 11.4. The summed E-state index contributed by atoms with van der Waals surface area (Å²) in [6, 6.07) is 9.09. The van der Waals surface area contributed by atoms with Gasteiger partial charge in [0.1, 0.15) is 0 Å². The fraction of sp³-hybridized carbons (Fsp3) is 0.769. The van der Waals surface area contributed by atoms with E-state index in [1.807, 2.05) is 0 Å². The Hall–Kier alpha value is -0.820. The smallest absolute Gasteiger partial charge is 0.0205 e. The van der Waals surface area contributed by atoms with Gasteiger partial charge in [0.15, 0.2) is 0 Å². The van der Waals surface area contributed by atoms with Gasteiger partial charge in [-0.15, -0.1) is 0 Å². The van der Waals surface area contributed by atoms with Gasteiger partial charge in [0.05, 0.1) is 0 Å². The second kappa shape index (κ2) is 17.3. The van der Waals surface area contributed by atoms with Crippen LogP contribution < -0.4 is 5.32 Å². The summed E-state index contributed by atoms with van der Waals surface area (Å²) in [5.74, 6) is 0.627. The second-order valence-electron chi connectivity index (χ2n) is 8.67. The largest absolute Gasteiger partial charge is 0.313 e. The highest BCUT2D eigenvalue weighted by atomic mass is 14.8. The lowest BCUT2D eigenvalue weighted by atomic mass is 10.0. The summed E-state index contributed by atoms with van der Waals surface area (Å²) in [5, 5.41) is 3.59. The summed E-state index contributed by atoms with van der Waals surface area (Å²) in [6.07, 6.45) is 20.0. The van der Waals surface area contributed by atoms with Gasteiger partial charge in [-0.3, -0.25) is 0 Å². The standard InChI is InChI=1S/C26H47N/c1-4-5-6-7-8-9-10-11-12-13-14-15-16-17-22-27-23-25-18-20-26(21-19-25)24(2)3/h18-21,24,27H,4-17,22-23H2,1-3H3. The first kappa shape index (κ1) is 24.2. The Morgan fingerprint density at radius 3 is 1.52 bits per heavy atom. The summed E-state index contributed by atoms with van der Waals surface area (Å²) in [7, 11) is 0. The highest BCUT2D eigenvalue weighted by molar-refractivity contribution is 5.24. The van der Waals surface area contributed by atoms with Crippen molar-refractivity contribution >= 4 is 0 Å². The maximum atomic E-state index is 3.59. The number of benzene rings is 1. The number of rotatable bonds is 18. The molecule has 0 fully saturated rings. The third-order valence-corrected chi connectivity index (χ3v) is 5.68. The Labute approximate surface area is 170 Å². The maximum Gasteiger partial charge on any atom is 0.0205 e. The fourth-order valence-corrected chi connectivity index (χ4v) is 3.70. The fourth-order valence-electron chi connectivity index (χ4n) is 3.70. The molecular weight excluding hydrogens is 326 g/mol. The van der Waals surface area contributed by atoms with E-state index in [0.29, 0.717) is 5.92 Å². The van der Waals surface area contributed by atoms with Crippen molar-refractivity contribution in [2.24, 2.45) is 0 Å². The minimum atomic E-state index is 0.627. The average Bonchev–Trinajstić information content (AvgIpc) is 2.68. The lowest BCUT2D eigenvalue weighted by Gasteiger charge is -2.08. The molecule has 0 radical (unpaired) electrons. The zero-order chi connectivity index (χ0) is 19.6. The summed E-state index contributed by atoms with van der Waals surface area (Å²) in [6.45, 7) is 8.97. The Balaban J connectivity index is 1.80. The minimum absolute atomic E-state index is 0.627. The van der Waals surface area contributed by atoms with Crippen LogP contribution in [0.2, 0.25) is 0 Å². The van der Waals surface area contributed by atoms with Crippen molar-refractivity contribution in [3.63, 3.8) is 0 Å². The summed E-state index contributed by atoms with van der Waals surface area (Å²) >= 11 is 0. The molecule has 0 heterocycles. The van der Waals surface area contributed by atoms with Crippen LogP contribution in [-0.2, 0) is 6.54 Å². The molecule has 0 saturated carbocycles. The molecule has 1 aromatic rings. The van der Waals surface area contributed by atoms with Crippen molar-refractivity contribution in [1.29, 1.82) is 0 Å². The van der Waals surface area contributed by atoms with Gasteiger partial charge in [-0.2, -0.15) is 0 Å². The van der Waals surface area contributed by atoms with E-state index in [0.717, 1.165) is 13.1 Å². The van der Waals surface area contributed by atoms with E-state index in [-0.39, 0.29) is 0 Å². The maximum absolute atomic E-state index is 3.59. The van der Waals surface area contributed by atoms with E-state index < -0.39 is 0 Å². The average molecular weight is 374 g/mol. The molecule has 0 aliphatic heterocycles. The molecule has 1 heteroatoms. The molecule has 0 aliphatic rings. The third kappa shape index (κ3) is 13.9. The monoisotopic (exact) mass is 373 g/mol. The molecule has 0 aromatic heterocycles. The van der Waals surface area contributed by atoms with Crippen LogP contribution in [0.3, 0.4) is 0 Å². The molecular formula is C26H47N. The van der Waals surface area contributed by atoms with Gasteiger partial charge in [-0.25, -0.2) is 0 Å². The predicted octanol–water partition coefficient (Wildman–Crippen LogP) is 8.38. The molecule has 27 heavy (non-hydrogen) atoms. The molecule has 0 aliphatic carbocycles. The van der Waals surface area contributed by atoms with Crippen molar-refractivity contribution in [2.75, 3.05) is 6.54 Å². The van der Waals surface area contributed by atoms with Gasteiger partial charge in [0.25, 0.3) is 0 Å². The van der Waals surface area contributed by atoms with Crippen LogP contribution in [0.1, 0.15) is 128 Å². The van der Waals surface area contributed by atoms with Gasteiger partial charge in [-0.05, 0) is 30.0 Å². The number of hydrogen-bond acceptors (Lipinski definition) is 1. The van der Waals surface area contributed by atoms with Gasteiger partial charge in [-0.1, -0.05) is 129 Å². The highest BCUT2D eigenvalue weighted by Gasteiger charge is 1.99. The molecule has 0 atom stereocenters. The van der Waals surface area contributed by atoms with Crippen LogP contribution >= 0.6 is 0 Å². The van der Waals surface area contributed by atoms with Crippen molar-refractivity contribution < 1.29 is 0 Å². The van der Waals surface area contributed by atoms with Crippen molar-refractivity contribution in [3.05, 3.63) is 35.4 Å². The number of unbranched alkanes of at least 4 members (excludes halogenated alkanes) is 13. The zero-order valence-corrected chi connectivity index (χ0v) is 18.7. The quantitative estimate of drug-likeness (QED) is 0.255. The van der Waals surface area contributed by atoms with E-state index in [4.69, 9.17) is 0 Å². The molecule has 0 bridgehead atoms. The number of hydrogen-bond donors (Lipinski definition) is 1. The Morgan fingerprint density at radius 1 is 0.630 bits per heavy atom. The molecule has 1 aromatic carbocycles. The molecule has 1 N–H and O–H groups in total. The summed E-state index contributed by atoms with van der Waals surface area (Å²) < 4.78 is 0. The van der Waals surface area contributed by atoms with Crippen molar-refractivity contribution in [1.82, 2.24) is 5.32 Å². The Morgan fingerprint density at radius 2 is 1.07 bits per heavy atom. The van der Waals surface area contributed by atoms with Crippen LogP contribution in [0.4, 0.5) is 0 Å². The first-order chi connectivity index (χ1) is 13.2. The van der Waals surface area contributed by atoms with Crippen LogP contribution in [0, 0.1) is 0 Å². The molecule has 1 rings (SSSR count). The summed E-state index contributed by atoms with van der Waals surface area (Å²) in [4.78, 5) is 0. The molecule has 156 valence electrons. The van der Waals surface area contributed by atoms with Gasteiger partial charge in [0.2, 0.25) is 0 Å². The molecule has 0 saturated heterocycles. The van der Waals surface area contributed by atoms with Gasteiger partial charge >= 0.3 is 0 Å². The topological polar surface area (TPSA) is 12.0 Å². The van der Waals surface area contributed by atoms with Gasteiger partial charge in [0, 0.05) is 6.54 Å². The van der Waals surface area contributed by atoms with E-state index in [1.165, 1.54) is 101 Å². The van der Waals surface area contributed by atoms with E-state index in [1.54, 1.807) is 0 Å². The second-order valence-corrected chi connectivity index (χ2v) is 8.67. The lowest BCUT2D eigenvalue weighted by molar-refractivity contribution is 0.529. The zero-order valence-electron chi connectivity index (χ0n) is 18.7. The van der Waals surface area contributed by atoms with Crippen LogP contribution in [-0.4, -0.2) is 6.54 Å². The molecule has 0 amide bonds. The third-order valence-electron chi connectivity index (χ3n) is 5.68. The minimum Gasteiger partial charge on any atom is -0.313 e. The van der Waals surface area contributed by atoms with E-state index in [9.17, 15) is 0 Å². The Kier molecular flexibility index (Phi) is 15.5. The number of nitrogens with one attached hydrogen (secondary N) is 1. The van der Waals surface area contributed by atoms with Crippen LogP contribution in [0.5, 0.6) is 0 Å². The SMILES string of the molecule is CCCCCCCCCCCCCCCCNCc1ccc(C(C)C)cc1. The lowest BCUT2D eigenvalue weighted by Crippen LogP contribution is -2.14. The first-order valence-electron chi connectivity index (χ1n) is 12.0.